The molecule has 0 bridgehead atoms. The van der Waals surface area contributed by atoms with E-state index in [4.69, 9.17) is 4.98 Å². The van der Waals surface area contributed by atoms with E-state index < -0.39 is 0 Å². The highest BCUT2D eigenvalue weighted by molar-refractivity contribution is 7.15. The normalized spacial score (nSPS) is 14.6. The number of hydrogen-bond acceptors (Lipinski definition) is 4. The third kappa shape index (κ3) is 4.16. The predicted molar refractivity (Wildman–Crippen MR) is 119 cm³/mol. The Morgan fingerprint density at radius 3 is 2.50 bits per heavy atom. The number of likely N-dealkylation sites (N-methyl/N-ethyl adjacent to an activating group) is 1. The van der Waals surface area contributed by atoms with Crippen molar-refractivity contribution in [3.8, 4) is 10.6 Å². The summed E-state index contributed by atoms with van der Waals surface area (Å²) in [6.07, 6.45) is 0.749. The standard InChI is InChI=1S/C24H26FN3OS/c1-3-27(4-2)22(17-8-6-5-7-9-17)24(29)28-15-14-20-21(16-28)30-23(26-20)18-10-12-19(25)13-11-18/h5-13,22H,3-4,14-16H2,1-2H3/t22-/m1/s1. The van der Waals surface area contributed by atoms with Crippen LogP contribution in [-0.4, -0.2) is 40.3 Å². The molecule has 0 fully saturated rings. The maximum atomic E-state index is 13.6. The summed E-state index contributed by atoms with van der Waals surface area (Å²) >= 11 is 1.60. The van der Waals surface area contributed by atoms with Crippen molar-refractivity contribution >= 4 is 17.2 Å². The average molecular weight is 424 g/mol. The van der Waals surface area contributed by atoms with Crippen LogP contribution in [0, 0.1) is 5.82 Å². The predicted octanol–water partition coefficient (Wildman–Crippen LogP) is 4.92. The van der Waals surface area contributed by atoms with E-state index in [0.717, 1.165) is 46.2 Å². The first-order valence-corrected chi connectivity index (χ1v) is 11.2. The second kappa shape index (κ2) is 9.06. The van der Waals surface area contributed by atoms with Gasteiger partial charge in [0.25, 0.3) is 0 Å². The van der Waals surface area contributed by atoms with Gasteiger partial charge in [-0.25, -0.2) is 9.37 Å². The van der Waals surface area contributed by atoms with Gasteiger partial charge in [0.05, 0.1) is 12.2 Å². The van der Waals surface area contributed by atoms with Crippen LogP contribution in [0.1, 0.15) is 36.0 Å². The summed E-state index contributed by atoms with van der Waals surface area (Å²) in [7, 11) is 0. The van der Waals surface area contributed by atoms with Gasteiger partial charge in [-0.1, -0.05) is 44.2 Å². The van der Waals surface area contributed by atoms with Gasteiger partial charge in [-0.05, 0) is 42.9 Å². The summed E-state index contributed by atoms with van der Waals surface area (Å²) in [5.74, 6) is -0.104. The summed E-state index contributed by atoms with van der Waals surface area (Å²) < 4.78 is 13.2. The van der Waals surface area contributed by atoms with Crippen molar-refractivity contribution < 1.29 is 9.18 Å². The monoisotopic (exact) mass is 423 g/mol. The molecule has 0 spiro atoms. The zero-order valence-corrected chi connectivity index (χ0v) is 18.2. The number of nitrogens with zero attached hydrogens (tertiary/aromatic N) is 3. The van der Waals surface area contributed by atoms with Crippen molar-refractivity contribution in [3.05, 3.63) is 76.5 Å². The number of amides is 1. The van der Waals surface area contributed by atoms with E-state index in [1.165, 1.54) is 12.1 Å². The fourth-order valence-electron chi connectivity index (χ4n) is 4.01. The first-order chi connectivity index (χ1) is 14.6. The molecule has 0 unspecified atom stereocenters. The molecule has 156 valence electrons. The lowest BCUT2D eigenvalue weighted by Crippen LogP contribution is -2.44. The van der Waals surface area contributed by atoms with E-state index in [1.54, 1.807) is 23.5 Å². The number of thiazole rings is 1. The molecule has 1 aromatic heterocycles. The van der Waals surface area contributed by atoms with Crippen molar-refractivity contribution in [2.24, 2.45) is 0 Å². The molecular formula is C24H26FN3OS. The minimum atomic E-state index is -0.271. The van der Waals surface area contributed by atoms with Crippen LogP contribution in [0.4, 0.5) is 4.39 Å². The van der Waals surface area contributed by atoms with Gasteiger partial charge in [0.15, 0.2) is 0 Å². The number of aromatic nitrogens is 1. The van der Waals surface area contributed by atoms with Gasteiger partial charge in [0.1, 0.15) is 16.9 Å². The number of rotatable bonds is 6. The van der Waals surface area contributed by atoms with Gasteiger partial charge in [-0.3, -0.25) is 9.69 Å². The Hall–Kier alpha value is -2.57. The molecule has 6 heteroatoms. The Kier molecular flexibility index (Phi) is 6.25. The van der Waals surface area contributed by atoms with Crippen LogP contribution in [-0.2, 0) is 17.8 Å². The first-order valence-electron chi connectivity index (χ1n) is 10.4. The highest BCUT2D eigenvalue weighted by atomic mass is 32.1. The van der Waals surface area contributed by atoms with Gasteiger partial charge in [0, 0.05) is 23.4 Å². The molecule has 1 atom stereocenters. The van der Waals surface area contributed by atoms with Crippen molar-refractivity contribution in [1.82, 2.24) is 14.8 Å². The Morgan fingerprint density at radius 1 is 1.13 bits per heavy atom. The molecule has 0 radical (unpaired) electrons. The van der Waals surface area contributed by atoms with Crippen molar-refractivity contribution in [3.63, 3.8) is 0 Å². The minimum absolute atomic E-state index is 0.146. The zero-order chi connectivity index (χ0) is 21.1. The Morgan fingerprint density at radius 2 is 1.83 bits per heavy atom. The average Bonchev–Trinajstić information content (AvgIpc) is 3.21. The van der Waals surface area contributed by atoms with Crippen LogP contribution in [0.2, 0.25) is 0 Å². The van der Waals surface area contributed by atoms with Crippen molar-refractivity contribution in [2.75, 3.05) is 19.6 Å². The van der Waals surface area contributed by atoms with E-state index >= 15 is 0 Å². The highest BCUT2D eigenvalue weighted by Crippen LogP contribution is 2.33. The molecule has 2 heterocycles. The molecule has 0 aliphatic carbocycles. The molecule has 0 saturated carbocycles. The molecule has 2 aromatic carbocycles. The van der Waals surface area contributed by atoms with E-state index in [0.29, 0.717) is 13.1 Å². The minimum Gasteiger partial charge on any atom is -0.335 e. The fourth-order valence-corrected chi connectivity index (χ4v) is 5.14. The van der Waals surface area contributed by atoms with Crippen LogP contribution in [0.3, 0.4) is 0 Å². The van der Waals surface area contributed by atoms with Crippen molar-refractivity contribution in [1.29, 1.82) is 0 Å². The molecule has 1 aliphatic rings. The molecule has 3 aromatic rings. The number of hydrogen-bond donors (Lipinski definition) is 0. The van der Waals surface area contributed by atoms with Gasteiger partial charge in [0.2, 0.25) is 5.91 Å². The number of halogens is 1. The van der Waals surface area contributed by atoms with E-state index in [2.05, 4.69) is 18.7 Å². The first kappa shape index (κ1) is 20.7. The third-order valence-electron chi connectivity index (χ3n) is 5.66. The second-order valence-electron chi connectivity index (χ2n) is 7.44. The van der Waals surface area contributed by atoms with Crippen LogP contribution in [0.15, 0.2) is 54.6 Å². The lowest BCUT2D eigenvalue weighted by atomic mass is 10.0. The molecular weight excluding hydrogens is 397 g/mol. The zero-order valence-electron chi connectivity index (χ0n) is 17.3. The summed E-state index contributed by atoms with van der Waals surface area (Å²) in [4.78, 5) is 23.7. The quantitative estimate of drug-likeness (QED) is 0.565. The van der Waals surface area contributed by atoms with E-state index in [1.807, 2.05) is 35.2 Å². The Balaban J connectivity index is 1.58. The second-order valence-corrected chi connectivity index (χ2v) is 8.52. The van der Waals surface area contributed by atoms with E-state index in [-0.39, 0.29) is 17.8 Å². The lowest BCUT2D eigenvalue weighted by Gasteiger charge is -2.35. The highest BCUT2D eigenvalue weighted by Gasteiger charge is 2.32. The van der Waals surface area contributed by atoms with Crippen LogP contribution in [0.25, 0.3) is 10.6 Å². The third-order valence-corrected chi connectivity index (χ3v) is 6.79. The largest absolute Gasteiger partial charge is 0.335 e. The molecule has 1 amide bonds. The molecule has 30 heavy (non-hydrogen) atoms. The maximum Gasteiger partial charge on any atom is 0.244 e. The fraction of sp³-hybridized carbons (Fsp3) is 0.333. The summed E-state index contributed by atoms with van der Waals surface area (Å²) in [5.41, 5.74) is 3.01. The van der Waals surface area contributed by atoms with Gasteiger partial charge in [-0.2, -0.15) is 0 Å². The van der Waals surface area contributed by atoms with Gasteiger partial charge < -0.3 is 4.90 Å². The lowest BCUT2D eigenvalue weighted by molar-refractivity contribution is -0.138. The molecule has 4 rings (SSSR count). The summed E-state index contributed by atoms with van der Waals surface area (Å²) in [6, 6.07) is 16.2. The number of fused-ring (bicyclic) bond motifs is 1. The van der Waals surface area contributed by atoms with Crippen LogP contribution < -0.4 is 0 Å². The molecule has 0 saturated heterocycles. The molecule has 4 nitrogen and oxygen atoms in total. The Bertz CT molecular complexity index is 999. The number of benzene rings is 2. The number of carbonyl (C=O) groups excluding carboxylic acids is 1. The van der Waals surface area contributed by atoms with E-state index in [9.17, 15) is 9.18 Å². The van der Waals surface area contributed by atoms with Crippen LogP contribution in [0.5, 0.6) is 0 Å². The molecule has 0 N–H and O–H groups in total. The van der Waals surface area contributed by atoms with Crippen molar-refractivity contribution in [2.45, 2.75) is 32.9 Å². The SMILES string of the molecule is CCN(CC)[C@@H](C(=O)N1CCc2nc(-c3ccc(F)cc3)sc2C1)c1ccccc1. The Labute approximate surface area is 181 Å². The van der Waals surface area contributed by atoms with Gasteiger partial charge in [-0.15, -0.1) is 11.3 Å². The maximum absolute atomic E-state index is 13.6. The molecule has 1 aliphatic heterocycles. The van der Waals surface area contributed by atoms with Crippen LogP contribution >= 0.6 is 11.3 Å². The smallest absolute Gasteiger partial charge is 0.244 e. The van der Waals surface area contributed by atoms with Gasteiger partial charge >= 0.3 is 0 Å². The topological polar surface area (TPSA) is 36.4 Å². The summed E-state index contributed by atoms with van der Waals surface area (Å²) in [5, 5.41) is 0.887. The number of carbonyl (C=O) groups is 1. The summed E-state index contributed by atoms with van der Waals surface area (Å²) in [6.45, 7) is 7.07.